The Hall–Kier alpha value is -0.430. The number of fused-ring (bicyclic) bond motifs is 5. The van der Waals surface area contributed by atoms with Crippen LogP contribution in [0.4, 0.5) is 0 Å². The van der Waals surface area contributed by atoms with Crippen molar-refractivity contribution in [1.29, 1.82) is 0 Å². The van der Waals surface area contributed by atoms with Crippen LogP contribution in [0.2, 0.25) is 0 Å². The van der Waals surface area contributed by atoms with Gasteiger partial charge < -0.3 is 5.11 Å². The van der Waals surface area contributed by atoms with Crippen LogP contribution in [0.25, 0.3) is 0 Å². The van der Waals surface area contributed by atoms with Crippen molar-refractivity contribution in [3.8, 4) is 0 Å². The normalized spacial score (nSPS) is 44.0. The molecule has 1 N–H and O–H groups in total. The minimum Gasteiger partial charge on any atom is -0.481 e. The Morgan fingerprint density at radius 2 is 1.63 bits per heavy atom. The van der Waals surface area contributed by atoms with Crippen molar-refractivity contribution < 1.29 is 19.5 Å². The Kier molecular flexibility index (Phi) is 3.24. The van der Waals surface area contributed by atoms with Crippen LogP contribution in [0.1, 0.15) is 12.8 Å². The number of imide groups is 1. The van der Waals surface area contributed by atoms with E-state index in [9.17, 15) is 14.4 Å². The molecule has 7 heteroatoms. The molecule has 5 nitrogen and oxygen atoms in total. The van der Waals surface area contributed by atoms with Gasteiger partial charge in [0.15, 0.2) is 0 Å². The molecule has 2 aliphatic carbocycles. The molecule has 3 aliphatic rings. The highest BCUT2D eigenvalue weighted by atomic mass is 79.9. The van der Waals surface area contributed by atoms with Gasteiger partial charge in [0, 0.05) is 16.2 Å². The fourth-order valence-corrected chi connectivity index (χ4v) is 5.71. The van der Waals surface area contributed by atoms with Crippen molar-refractivity contribution >= 4 is 49.6 Å². The monoisotopic (exact) mass is 393 g/mol. The molecule has 2 bridgehead atoms. The lowest BCUT2D eigenvalue weighted by Gasteiger charge is -2.28. The standard InChI is InChI=1S/C12H13Br2NO4/c13-9-4-3-5(10(9)14)8-7(4)11(18)15(12(8)19)2-1-6(16)17/h4-5,7-10H,1-3H2,(H,16,17)/t4-,5+,7+,8-,9+,10-. The van der Waals surface area contributed by atoms with Crippen LogP contribution >= 0.6 is 31.9 Å². The highest BCUT2D eigenvalue weighted by Gasteiger charge is 2.66. The molecule has 3 rings (SSSR count). The summed E-state index contributed by atoms with van der Waals surface area (Å²) >= 11 is 7.21. The Morgan fingerprint density at radius 1 is 1.16 bits per heavy atom. The number of rotatable bonds is 3. The van der Waals surface area contributed by atoms with Crippen molar-refractivity contribution in [2.75, 3.05) is 6.54 Å². The van der Waals surface area contributed by atoms with Crippen LogP contribution in [-0.4, -0.2) is 44.0 Å². The van der Waals surface area contributed by atoms with Gasteiger partial charge in [-0.1, -0.05) is 31.9 Å². The molecule has 0 aromatic heterocycles. The summed E-state index contributed by atoms with van der Waals surface area (Å²) in [4.78, 5) is 36.8. The number of alkyl halides is 2. The molecule has 1 saturated heterocycles. The number of halogens is 2. The number of amides is 2. The molecule has 0 aromatic carbocycles. The molecule has 0 aromatic rings. The minimum atomic E-state index is -0.989. The van der Waals surface area contributed by atoms with E-state index in [1.807, 2.05) is 0 Å². The molecule has 0 unspecified atom stereocenters. The first-order valence-electron chi connectivity index (χ1n) is 6.28. The first-order valence-corrected chi connectivity index (χ1v) is 8.11. The predicted molar refractivity (Wildman–Crippen MR) is 73.0 cm³/mol. The van der Waals surface area contributed by atoms with Gasteiger partial charge in [-0.3, -0.25) is 19.3 Å². The number of carboxylic acids is 1. The number of hydrogen-bond donors (Lipinski definition) is 1. The summed E-state index contributed by atoms with van der Waals surface area (Å²) in [7, 11) is 0. The fourth-order valence-electron chi connectivity index (χ4n) is 3.84. The number of aliphatic carboxylic acids is 1. The zero-order chi connectivity index (χ0) is 13.9. The molecule has 1 aliphatic heterocycles. The second-order valence-electron chi connectivity index (χ2n) is 5.48. The average Bonchev–Trinajstić information content (AvgIpc) is 2.93. The van der Waals surface area contributed by atoms with E-state index in [1.54, 1.807) is 0 Å². The van der Waals surface area contributed by atoms with Gasteiger partial charge in [0.25, 0.3) is 0 Å². The number of carboxylic acid groups (broad SMARTS) is 1. The summed E-state index contributed by atoms with van der Waals surface area (Å²) < 4.78 is 0. The first-order chi connectivity index (χ1) is 8.93. The maximum Gasteiger partial charge on any atom is 0.305 e. The van der Waals surface area contributed by atoms with Crippen LogP contribution in [0.15, 0.2) is 0 Å². The smallest absolute Gasteiger partial charge is 0.305 e. The lowest BCUT2D eigenvalue weighted by atomic mass is 9.81. The molecule has 0 radical (unpaired) electrons. The number of hydrogen-bond acceptors (Lipinski definition) is 3. The molecule has 0 spiro atoms. The lowest BCUT2D eigenvalue weighted by molar-refractivity contribution is -0.142. The Morgan fingerprint density at radius 3 is 2.05 bits per heavy atom. The van der Waals surface area contributed by atoms with Crippen molar-refractivity contribution in [3.63, 3.8) is 0 Å². The summed E-state index contributed by atoms with van der Waals surface area (Å²) in [6.45, 7) is -0.000650. The van der Waals surface area contributed by atoms with E-state index in [4.69, 9.17) is 5.11 Å². The van der Waals surface area contributed by atoms with Gasteiger partial charge in [0.05, 0.1) is 18.3 Å². The molecule has 2 amide bonds. The van der Waals surface area contributed by atoms with E-state index in [1.165, 1.54) is 0 Å². The van der Waals surface area contributed by atoms with Crippen LogP contribution in [0.3, 0.4) is 0 Å². The second kappa shape index (κ2) is 4.55. The third kappa shape index (κ3) is 1.81. The molecule has 3 fully saturated rings. The molecule has 2 saturated carbocycles. The van der Waals surface area contributed by atoms with E-state index < -0.39 is 5.97 Å². The van der Waals surface area contributed by atoms with E-state index in [0.29, 0.717) is 0 Å². The van der Waals surface area contributed by atoms with Gasteiger partial charge in [-0.15, -0.1) is 0 Å². The number of nitrogens with zero attached hydrogens (tertiary/aromatic N) is 1. The maximum absolute atomic E-state index is 12.3. The van der Waals surface area contributed by atoms with Gasteiger partial charge in [0.1, 0.15) is 0 Å². The third-order valence-electron chi connectivity index (χ3n) is 4.63. The summed E-state index contributed by atoms with van der Waals surface area (Å²) in [6, 6.07) is 0. The Bertz CT molecular complexity index is 437. The highest BCUT2D eigenvalue weighted by Crippen LogP contribution is 2.60. The largest absolute Gasteiger partial charge is 0.481 e. The van der Waals surface area contributed by atoms with Gasteiger partial charge in [-0.2, -0.15) is 0 Å². The molecular weight excluding hydrogens is 382 g/mol. The molecule has 19 heavy (non-hydrogen) atoms. The quantitative estimate of drug-likeness (QED) is 0.577. The Balaban J connectivity index is 1.83. The number of carbonyl (C=O) groups excluding carboxylic acids is 2. The van der Waals surface area contributed by atoms with Crippen molar-refractivity contribution in [2.45, 2.75) is 22.5 Å². The number of carbonyl (C=O) groups is 3. The zero-order valence-electron chi connectivity index (χ0n) is 9.96. The number of likely N-dealkylation sites (tertiary alicyclic amines) is 1. The zero-order valence-corrected chi connectivity index (χ0v) is 13.1. The molecule has 1 heterocycles. The summed E-state index contributed by atoms with van der Waals surface area (Å²) in [6.07, 6.45) is 0.715. The summed E-state index contributed by atoms with van der Waals surface area (Å²) in [5.74, 6) is -1.46. The van der Waals surface area contributed by atoms with E-state index in [0.717, 1.165) is 11.3 Å². The SMILES string of the molecule is O=C(O)CCN1C(=O)[C@@H]2[C@@H]3C[C@@H]([C@H](Br)[C@@H]3Br)[C@@H]2C1=O. The van der Waals surface area contributed by atoms with E-state index in [-0.39, 0.29) is 58.1 Å². The fraction of sp³-hybridized carbons (Fsp3) is 0.750. The van der Waals surface area contributed by atoms with Crippen molar-refractivity contribution in [1.82, 2.24) is 4.90 Å². The van der Waals surface area contributed by atoms with Crippen LogP contribution in [0.5, 0.6) is 0 Å². The van der Waals surface area contributed by atoms with Gasteiger partial charge in [-0.25, -0.2) is 0 Å². The summed E-state index contributed by atoms with van der Waals surface area (Å²) in [5, 5.41) is 8.69. The van der Waals surface area contributed by atoms with Crippen LogP contribution in [-0.2, 0) is 14.4 Å². The van der Waals surface area contributed by atoms with Gasteiger partial charge >= 0.3 is 5.97 Å². The van der Waals surface area contributed by atoms with Crippen LogP contribution < -0.4 is 0 Å². The van der Waals surface area contributed by atoms with Gasteiger partial charge in [-0.05, 0) is 18.3 Å². The van der Waals surface area contributed by atoms with Crippen LogP contribution in [0, 0.1) is 23.7 Å². The van der Waals surface area contributed by atoms with E-state index >= 15 is 0 Å². The highest BCUT2D eigenvalue weighted by molar-refractivity contribution is 9.12. The molecule has 6 atom stereocenters. The van der Waals surface area contributed by atoms with Crippen molar-refractivity contribution in [2.24, 2.45) is 23.7 Å². The molecule has 104 valence electrons. The summed E-state index contributed by atoms with van der Waals surface area (Å²) in [5.41, 5.74) is 0. The first kappa shape index (κ1) is 13.5. The predicted octanol–water partition coefficient (Wildman–Crippen LogP) is 1.24. The topological polar surface area (TPSA) is 74.7 Å². The third-order valence-corrected chi connectivity index (χ3v) is 7.83. The second-order valence-corrected chi connectivity index (χ2v) is 7.59. The lowest BCUT2D eigenvalue weighted by Crippen LogP contribution is -2.37. The van der Waals surface area contributed by atoms with Crippen molar-refractivity contribution in [3.05, 3.63) is 0 Å². The maximum atomic E-state index is 12.3. The molecular formula is C12H13Br2NO4. The van der Waals surface area contributed by atoms with E-state index in [2.05, 4.69) is 31.9 Å². The minimum absolute atomic E-state index is 0.000650. The average molecular weight is 395 g/mol. The Labute approximate surface area is 127 Å². The van der Waals surface area contributed by atoms with Gasteiger partial charge in [0.2, 0.25) is 11.8 Å².